The summed E-state index contributed by atoms with van der Waals surface area (Å²) in [6.07, 6.45) is 0. The molecule has 0 unspecified atom stereocenters. The molecule has 2 aromatic carbocycles. The van der Waals surface area contributed by atoms with Crippen LogP contribution >= 0.6 is 0 Å². The second kappa shape index (κ2) is 9.93. The van der Waals surface area contributed by atoms with Crippen molar-refractivity contribution < 1.29 is 24.6 Å². The van der Waals surface area contributed by atoms with E-state index in [0.717, 1.165) is 30.2 Å². The maximum Gasteiger partial charge on any atom is 0.300 e. The van der Waals surface area contributed by atoms with Gasteiger partial charge in [0, 0.05) is 26.5 Å². The van der Waals surface area contributed by atoms with E-state index in [0.29, 0.717) is 0 Å². The summed E-state index contributed by atoms with van der Waals surface area (Å²) in [4.78, 5) is 29.5. The van der Waals surface area contributed by atoms with Crippen molar-refractivity contribution in [2.24, 2.45) is 0 Å². The molecule has 2 aromatic rings. The third kappa shape index (κ3) is 7.64. The Labute approximate surface area is 128 Å². The number of benzene rings is 2. The standard InChI is InChI=1S/C12H11NO.2C2H4O2/c1-13-12(14)11-8-4-6-9-5-2-3-7-10(9)11;2*1-2(3)4/h2-8H,1H3,(H,13,14);2*1H3,(H,3,4). The molecule has 0 aromatic heterocycles. The lowest BCUT2D eigenvalue weighted by atomic mass is 10.0. The van der Waals surface area contributed by atoms with Gasteiger partial charge < -0.3 is 15.5 Å². The van der Waals surface area contributed by atoms with Crippen LogP contribution in [-0.4, -0.2) is 35.1 Å². The number of rotatable bonds is 1. The minimum atomic E-state index is -0.833. The number of amides is 1. The lowest BCUT2D eigenvalue weighted by Crippen LogP contribution is -2.17. The van der Waals surface area contributed by atoms with Crippen LogP contribution in [0.15, 0.2) is 42.5 Å². The number of carboxylic acids is 2. The molecule has 6 nitrogen and oxygen atoms in total. The first-order chi connectivity index (χ1) is 10.3. The number of carbonyl (C=O) groups is 3. The van der Waals surface area contributed by atoms with Crippen LogP contribution in [0.4, 0.5) is 0 Å². The van der Waals surface area contributed by atoms with Crippen molar-refractivity contribution in [2.45, 2.75) is 13.8 Å². The second-order valence-electron chi connectivity index (χ2n) is 4.14. The molecule has 0 heterocycles. The van der Waals surface area contributed by atoms with Crippen molar-refractivity contribution in [1.29, 1.82) is 0 Å². The van der Waals surface area contributed by atoms with Gasteiger partial charge in [0.25, 0.3) is 17.8 Å². The third-order valence-electron chi connectivity index (χ3n) is 2.26. The van der Waals surface area contributed by atoms with E-state index in [4.69, 9.17) is 19.8 Å². The van der Waals surface area contributed by atoms with E-state index < -0.39 is 11.9 Å². The molecular weight excluding hydrogens is 286 g/mol. The minimum absolute atomic E-state index is 0.0400. The molecule has 0 saturated carbocycles. The van der Waals surface area contributed by atoms with Crippen LogP contribution in [0.1, 0.15) is 24.2 Å². The predicted octanol–water partition coefficient (Wildman–Crippen LogP) is 2.38. The predicted molar refractivity (Wildman–Crippen MR) is 84.0 cm³/mol. The van der Waals surface area contributed by atoms with E-state index in [9.17, 15) is 4.79 Å². The molecule has 0 aliphatic rings. The van der Waals surface area contributed by atoms with Gasteiger partial charge in [-0.25, -0.2) is 0 Å². The van der Waals surface area contributed by atoms with E-state index in [1.165, 1.54) is 0 Å². The highest BCUT2D eigenvalue weighted by atomic mass is 16.4. The molecule has 118 valence electrons. The SMILES string of the molecule is CC(=O)O.CC(=O)O.CNC(=O)c1cccc2ccccc12. The van der Waals surface area contributed by atoms with Crippen molar-refractivity contribution >= 4 is 28.6 Å². The Morgan fingerprint density at radius 3 is 1.82 bits per heavy atom. The minimum Gasteiger partial charge on any atom is -0.481 e. The molecule has 22 heavy (non-hydrogen) atoms. The molecule has 2 rings (SSSR count). The molecule has 0 radical (unpaired) electrons. The van der Waals surface area contributed by atoms with Gasteiger partial charge in [0.2, 0.25) is 0 Å². The van der Waals surface area contributed by atoms with Gasteiger partial charge in [-0.05, 0) is 16.8 Å². The first-order valence-corrected chi connectivity index (χ1v) is 6.38. The molecule has 1 amide bonds. The fourth-order valence-electron chi connectivity index (χ4n) is 1.56. The Hall–Kier alpha value is -2.89. The van der Waals surface area contributed by atoms with Gasteiger partial charge >= 0.3 is 0 Å². The van der Waals surface area contributed by atoms with E-state index in [1.54, 1.807) is 7.05 Å². The van der Waals surface area contributed by atoms with Crippen LogP contribution in [0.25, 0.3) is 10.8 Å². The zero-order valence-electron chi connectivity index (χ0n) is 12.7. The van der Waals surface area contributed by atoms with Crippen LogP contribution in [0.3, 0.4) is 0 Å². The number of fused-ring (bicyclic) bond motifs is 1. The van der Waals surface area contributed by atoms with Gasteiger partial charge in [-0.15, -0.1) is 0 Å². The molecule has 0 atom stereocenters. The van der Waals surface area contributed by atoms with E-state index >= 15 is 0 Å². The van der Waals surface area contributed by atoms with Gasteiger partial charge in [-0.2, -0.15) is 0 Å². The fourth-order valence-corrected chi connectivity index (χ4v) is 1.56. The average Bonchev–Trinajstić information content (AvgIpc) is 2.44. The second-order valence-corrected chi connectivity index (χ2v) is 4.14. The molecule has 6 heteroatoms. The fraction of sp³-hybridized carbons (Fsp3) is 0.188. The molecular formula is C16H19NO5. The normalized spacial score (nSPS) is 8.68. The molecule has 3 N–H and O–H groups in total. The zero-order chi connectivity index (χ0) is 17.1. The number of carboxylic acid groups (broad SMARTS) is 2. The molecule has 0 aliphatic heterocycles. The Kier molecular flexibility index (Phi) is 8.62. The van der Waals surface area contributed by atoms with Crippen LogP contribution < -0.4 is 5.32 Å². The molecule has 0 saturated heterocycles. The highest BCUT2D eigenvalue weighted by Gasteiger charge is 2.06. The number of aliphatic carboxylic acids is 2. The monoisotopic (exact) mass is 305 g/mol. The quantitative estimate of drug-likeness (QED) is 0.750. The van der Waals surface area contributed by atoms with Gasteiger partial charge in [0.1, 0.15) is 0 Å². The van der Waals surface area contributed by atoms with Gasteiger partial charge in [-0.1, -0.05) is 36.4 Å². The summed E-state index contributed by atoms with van der Waals surface area (Å²) in [6, 6.07) is 13.6. The Bertz CT molecular complexity index is 627. The summed E-state index contributed by atoms with van der Waals surface area (Å²) in [5.41, 5.74) is 0.727. The summed E-state index contributed by atoms with van der Waals surface area (Å²) in [7, 11) is 1.64. The first kappa shape index (κ1) is 19.1. The first-order valence-electron chi connectivity index (χ1n) is 6.38. The summed E-state index contributed by atoms with van der Waals surface area (Å²) < 4.78 is 0. The van der Waals surface area contributed by atoms with Crippen molar-refractivity contribution in [2.75, 3.05) is 7.05 Å². The zero-order valence-corrected chi connectivity index (χ0v) is 12.7. The van der Waals surface area contributed by atoms with Crippen molar-refractivity contribution in [1.82, 2.24) is 5.32 Å². The highest BCUT2D eigenvalue weighted by Crippen LogP contribution is 2.17. The summed E-state index contributed by atoms with van der Waals surface area (Å²) in [6.45, 7) is 2.17. The Morgan fingerprint density at radius 1 is 0.864 bits per heavy atom. The Morgan fingerprint density at radius 2 is 1.32 bits per heavy atom. The number of hydrogen-bond donors (Lipinski definition) is 3. The molecule has 0 spiro atoms. The number of hydrogen-bond acceptors (Lipinski definition) is 3. The smallest absolute Gasteiger partial charge is 0.300 e. The lowest BCUT2D eigenvalue weighted by molar-refractivity contribution is -0.135. The van der Waals surface area contributed by atoms with Crippen LogP contribution in [-0.2, 0) is 9.59 Å². The topological polar surface area (TPSA) is 104 Å². The summed E-state index contributed by atoms with van der Waals surface area (Å²) in [5.74, 6) is -1.71. The van der Waals surface area contributed by atoms with Gasteiger partial charge in [-0.3, -0.25) is 14.4 Å². The van der Waals surface area contributed by atoms with Gasteiger partial charge in [0.05, 0.1) is 0 Å². The number of carbonyl (C=O) groups excluding carboxylic acids is 1. The highest BCUT2D eigenvalue weighted by molar-refractivity contribution is 6.06. The van der Waals surface area contributed by atoms with Crippen LogP contribution in [0.2, 0.25) is 0 Å². The molecule has 0 aliphatic carbocycles. The van der Waals surface area contributed by atoms with E-state index in [-0.39, 0.29) is 5.91 Å². The molecule has 0 fully saturated rings. The molecule has 0 bridgehead atoms. The van der Waals surface area contributed by atoms with E-state index in [1.807, 2.05) is 42.5 Å². The average molecular weight is 305 g/mol. The van der Waals surface area contributed by atoms with E-state index in [2.05, 4.69) is 5.32 Å². The number of nitrogens with one attached hydrogen (secondary N) is 1. The summed E-state index contributed by atoms with van der Waals surface area (Å²) in [5, 5.41) is 19.6. The maximum atomic E-state index is 11.5. The van der Waals surface area contributed by atoms with Crippen LogP contribution in [0.5, 0.6) is 0 Å². The van der Waals surface area contributed by atoms with Crippen LogP contribution in [0, 0.1) is 0 Å². The summed E-state index contributed by atoms with van der Waals surface area (Å²) >= 11 is 0. The Balaban J connectivity index is 0.000000464. The van der Waals surface area contributed by atoms with Crippen molar-refractivity contribution in [3.05, 3.63) is 48.0 Å². The third-order valence-corrected chi connectivity index (χ3v) is 2.26. The lowest BCUT2D eigenvalue weighted by Gasteiger charge is -2.04. The van der Waals surface area contributed by atoms with Gasteiger partial charge in [0.15, 0.2) is 0 Å². The van der Waals surface area contributed by atoms with Crippen molar-refractivity contribution in [3.8, 4) is 0 Å². The van der Waals surface area contributed by atoms with Crippen molar-refractivity contribution in [3.63, 3.8) is 0 Å². The maximum absolute atomic E-state index is 11.5. The largest absolute Gasteiger partial charge is 0.481 e.